The van der Waals surface area contributed by atoms with Crippen molar-refractivity contribution >= 4 is 0 Å². The monoisotopic (exact) mass is 187 g/mol. The van der Waals surface area contributed by atoms with Crippen LogP contribution in [0.5, 0.6) is 0 Å². The highest BCUT2D eigenvalue weighted by molar-refractivity contribution is 4.88. The van der Waals surface area contributed by atoms with Crippen LogP contribution in [0.1, 0.15) is 52.7 Å². The lowest BCUT2D eigenvalue weighted by Crippen LogP contribution is -2.00. The quantitative estimate of drug-likeness (QED) is 0.712. The van der Waals surface area contributed by atoms with Crippen LogP contribution in [0, 0.1) is 0 Å². The van der Waals surface area contributed by atoms with E-state index in [9.17, 15) is 4.39 Å². The van der Waals surface area contributed by atoms with Crippen molar-refractivity contribution in [2.45, 2.75) is 46.8 Å². The molecule has 76 valence electrons. The van der Waals surface area contributed by atoms with E-state index in [-0.39, 0.29) is 5.92 Å². The third kappa shape index (κ3) is 3.53. The van der Waals surface area contributed by atoms with E-state index in [0.717, 1.165) is 0 Å². The van der Waals surface area contributed by atoms with Crippen molar-refractivity contribution in [2.24, 2.45) is 0 Å². The Labute approximate surface area is 79.0 Å². The maximum atomic E-state index is 12.6. The van der Waals surface area contributed by atoms with Crippen LogP contribution < -0.4 is 0 Å². The van der Waals surface area contributed by atoms with E-state index in [2.05, 4.69) is 10.1 Å². The summed E-state index contributed by atoms with van der Waals surface area (Å²) in [7, 11) is 0. The third-order valence-corrected chi connectivity index (χ3v) is 1.41. The van der Waals surface area contributed by atoms with Crippen LogP contribution in [0.4, 0.5) is 4.39 Å². The number of rotatable bonds is 2. The minimum Gasteiger partial charge on any atom is -0.222 e. The maximum Gasteiger partial charge on any atom is 0.190 e. The van der Waals surface area contributed by atoms with Gasteiger partial charge in [0.2, 0.25) is 0 Å². The van der Waals surface area contributed by atoms with Gasteiger partial charge in [0, 0.05) is 5.92 Å². The molecule has 13 heavy (non-hydrogen) atoms. The largest absolute Gasteiger partial charge is 0.222 e. The Hall–Kier alpha value is -0.930. The number of hydrogen-bond acceptors (Lipinski definition) is 2. The third-order valence-electron chi connectivity index (χ3n) is 1.41. The van der Waals surface area contributed by atoms with E-state index in [1.165, 1.54) is 17.9 Å². The first-order chi connectivity index (χ1) is 6.11. The predicted molar refractivity (Wildman–Crippen MR) is 51.3 cm³/mol. The number of hydrogen-bond donors (Lipinski definition) is 0. The van der Waals surface area contributed by atoms with E-state index in [1.54, 1.807) is 0 Å². The highest BCUT2D eigenvalue weighted by Crippen LogP contribution is 2.10. The fourth-order valence-corrected chi connectivity index (χ4v) is 0.724. The minimum absolute atomic E-state index is 0.259. The van der Waals surface area contributed by atoms with Crippen LogP contribution in [0.15, 0.2) is 6.33 Å². The standard InChI is InChI=1S/C7H12FN3.C2H6/c1-5(2)7-9-4-11(10-7)6(3)8;1-2/h4-6H,1-3H3;1-2H3. The summed E-state index contributed by atoms with van der Waals surface area (Å²) in [6, 6.07) is 0. The van der Waals surface area contributed by atoms with Crippen LogP contribution in [-0.4, -0.2) is 14.8 Å². The van der Waals surface area contributed by atoms with Crippen molar-refractivity contribution in [3.8, 4) is 0 Å². The molecular formula is C9H18FN3. The number of nitrogens with zero attached hydrogens (tertiary/aromatic N) is 3. The molecule has 0 aromatic carbocycles. The zero-order chi connectivity index (χ0) is 10.4. The van der Waals surface area contributed by atoms with E-state index in [1.807, 2.05) is 27.7 Å². The molecule has 0 radical (unpaired) electrons. The summed E-state index contributed by atoms with van der Waals surface area (Å²) < 4.78 is 13.8. The second-order valence-electron chi connectivity index (χ2n) is 2.81. The van der Waals surface area contributed by atoms with Gasteiger partial charge < -0.3 is 0 Å². The summed E-state index contributed by atoms with van der Waals surface area (Å²) in [6.45, 7) is 9.38. The Morgan fingerprint density at radius 2 is 1.85 bits per heavy atom. The molecule has 0 N–H and O–H groups in total. The highest BCUT2D eigenvalue weighted by atomic mass is 19.1. The first-order valence-corrected chi connectivity index (χ1v) is 4.66. The topological polar surface area (TPSA) is 30.7 Å². The number of aromatic nitrogens is 3. The molecular weight excluding hydrogens is 169 g/mol. The average Bonchev–Trinajstić information content (AvgIpc) is 2.56. The molecule has 3 nitrogen and oxygen atoms in total. The van der Waals surface area contributed by atoms with Gasteiger partial charge >= 0.3 is 0 Å². The first kappa shape index (κ1) is 12.1. The minimum atomic E-state index is -1.09. The fraction of sp³-hybridized carbons (Fsp3) is 0.778. The van der Waals surface area contributed by atoms with Crippen molar-refractivity contribution in [3.63, 3.8) is 0 Å². The Kier molecular flexibility index (Phi) is 5.26. The lowest BCUT2D eigenvalue weighted by atomic mass is 10.2. The van der Waals surface area contributed by atoms with Crippen LogP contribution in [-0.2, 0) is 0 Å². The Morgan fingerprint density at radius 1 is 1.31 bits per heavy atom. The molecule has 1 unspecified atom stereocenters. The molecule has 0 aliphatic heterocycles. The first-order valence-electron chi connectivity index (χ1n) is 4.66. The smallest absolute Gasteiger partial charge is 0.190 e. The van der Waals surface area contributed by atoms with Gasteiger partial charge in [0.1, 0.15) is 6.33 Å². The molecule has 0 bridgehead atoms. The molecule has 1 rings (SSSR count). The molecule has 1 aromatic rings. The molecule has 1 atom stereocenters. The van der Waals surface area contributed by atoms with Gasteiger partial charge in [-0.1, -0.05) is 27.7 Å². The van der Waals surface area contributed by atoms with Crippen molar-refractivity contribution in [2.75, 3.05) is 0 Å². The lowest BCUT2D eigenvalue weighted by molar-refractivity contribution is 0.243. The van der Waals surface area contributed by atoms with Crippen LogP contribution >= 0.6 is 0 Å². The van der Waals surface area contributed by atoms with Gasteiger partial charge in [0.25, 0.3) is 0 Å². The van der Waals surface area contributed by atoms with Crippen molar-refractivity contribution in [3.05, 3.63) is 12.2 Å². The molecule has 0 saturated heterocycles. The van der Waals surface area contributed by atoms with Gasteiger partial charge in [-0.2, -0.15) is 5.10 Å². The second kappa shape index (κ2) is 5.67. The van der Waals surface area contributed by atoms with Gasteiger partial charge in [0.15, 0.2) is 12.1 Å². The summed E-state index contributed by atoms with van der Waals surface area (Å²) in [5.74, 6) is 0.949. The maximum absolute atomic E-state index is 12.6. The van der Waals surface area contributed by atoms with Gasteiger partial charge in [-0.05, 0) is 6.92 Å². The van der Waals surface area contributed by atoms with E-state index in [4.69, 9.17) is 0 Å². The molecule has 0 aliphatic carbocycles. The molecule has 0 aliphatic rings. The predicted octanol–water partition coefficient (Wildman–Crippen LogP) is 2.92. The van der Waals surface area contributed by atoms with Crippen LogP contribution in [0.2, 0.25) is 0 Å². The van der Waals surface area contributed by atoms with E-state index in [0.29, 0.717) is 5.82 Å². The zero-order valence-corrected chi connectivity index (χ0v) is 8.95. The molecule has 0 saturated carbocycles. The average molecular weight is 187 g/mol. The fourth-order valence-electron chi connectivity index (χ4n) is 0.724. The number of halogens is 1. The Balaban J connectivity index is 0.000000671. The van der Waals surface area contributed by atoms with Gasteiger partial charge in [-0.25, -0.2) is 14.1 Å². The van der Waals surface area contributed by atoms with Gasteiger partial charge in [-0.15, -0.1) is 0 Å². The van der Waals surface area contributed by atoms with Crippen molar-refractivity contribution in [1.82, 2.24) is 14.8 Å². The van der Waals surface area contributed by atoms with Crippen molar-refractivity contribution < 1.29 is 4.39 Å². The summed E-state index contributed by atoms with van der Waals surface area (Å²) in [4.78, 5) is 3.95. The Bertz CT molecular complexity index is 208. The molecule has 1 heterocycles. The summed E-state index contributed by atoms with van der Waals surface area (Å²) in [5, 5.41) is 3.94. The van der Waals surface area contributed by atoms with Crippen LogP contribution in [0.25, 0.3) is 0 Å². The van der Waals surface area contributed by atoms with Crippen molar-refractivity contribution in [1.29, 1.82) is 0 Å². The molecule has 4 heteroatoms. The van der Waals surface area contributed by atoms with Gasteiger partial charge in [0.05, 0.1) is 0 Å². The van der Waals surface area contributed by atoms with E-state index >= 15 is 0 Å². The summed E-state index contributed by atoms with van der Waals surface area (Å²) in [6.07, 6.45) is 0.329. The Morgan fingerprint density at radius 3 is 2.08 bits per heavy atom. The summed E-state index contributed by atoms with van der Waals surface area (Å²) >= 11 is 0. The van der Waals surface area contributed by atoms with Gasteiger partial charge in [-0.3, -0.25) is 0 Å². The van der Waals surface area contributed by atoms with E-state index < -0.39 is 6.30 Å². The van der Waals surface area contributed by atoms with Crippen LogP contribution in [0.3, 0.4) is 0 Å². The molecule has 1 aromatic heterocycles. The highest BCUT2D eigenvalue weighted by Gasteiger charge is 2.07. The lowest BCUT2D eigenvalue weighted by Gasteiger charge is -1.99. The zero-order valence-electron chi connectivity index (χ0n) is 8.95. The molecule has 0 amide bonds. The SMILES string of the molecule is CC.CC(C)c1ncn(C(C)F)n1. The molecule has 0 fully saturated rings. The number of alkyl halides is 1. The normalized spacial score (nSPS) is 12.2. The molecule has 0 spiro atoms. The second-order valence-corrected chi connectivity index (χ2v) is 2.81. The summed E-state index contributed by atoms with van der Waals surface area (Å²) in [5.41, 5.74) is 0.